The minimum absolute atomic E-state index is 0.131. The predicted octanol–water partition coefficient (Wildman–Crippen LogP) is 20.3. The average molecular weight is 1080 g/mol. The van der Waals surface area contributed by atoms with Gasteiger partial charge in [-0.15, -0.1) is 0 Å². The van der Waals surface area contributed by atoms with E-state index in [1.54, 1.807) is 0 Å². The number of hydrogen-bond acceptors (Lipinski definition) is 5. The van der Waals surface area contributed by atoms with E-state index in [1.807, 2.05) is 12.1 Å². The summed E-state index contributed by atoms with van der Waals surface area (Å²) in [4.78, 5) is 27.7. The molecule has 0 saturated heterocycles. The first-order chi connectivity index (χ1) is 39.6. The van der Waals surface area contributed by atoms with Crippen LogP contribution in [0, 0.1) is 0 Å². The third kappa shape index (κ3) is 11.1. The molecule has 3 heterocycles. The third-order valence-electron chi connectivity index (χ3n) is 16.1. The smallest absolute Gasteiger partial charge is 0.164 e. The Morgan fingerprint density at radius 1 is 0.253 bits per heavy atom. The Morgan fingerprint density at radius 3 is 0.952 bits per heavy atom. The second-order valence-corrected chi connectivity index (χ2v) is 26.4. The molecule has 0 spiro atoms. The van der Waals surface area contributed by atoms with Crippen molar-refractivity contribution in [2.45, 2.75) is 105 Å². The van der Waals surface area contributed by atoms with Crippen LogP contribution in [0.5, 0.6) is 0 Å². The maximum absolute atomic E-state index is 5.56. The van der Waals surface area contributed by atoms with Crippen LogP contribution in [-0.4, -0.2) is 29.5 Å². The Morgan fingerprint density at radius 2 is 0.590 bits per heavy atom. The zero-order chi connectivity index (χ0) is 58.0. The van der Waals surface area contributed by atoms with Crippen molar-refractivity contribution in [3.8, 4) is 96.0 Å². The first-order valence-corrected chi connectivity index (χ1v) is 29.1. The van der Waals surface area contributed by atoms with Gasteiger partial charge in [0.25, 0.3) is 0 Å². The monoisotopic (exact) mass is 1080 g/mol. The Bertz CT molecular complexity index is 4060. The van der Waals surface area contributed by atoms with Crippen LogP contribution in [-0.2, 0) is 21.7 Å². The number of benzene rings is 9. The molecule has 9 aromatic carbocycles. The highest BCUT2D eigenvalue weighted by Crippen LogP contribution is 2.43. The van der Waals surface area contributed by atoms with Gasteiger partial charge in [-0.25, -0.2) is 24.9 Å². The SMILES string of the molecule is CC(C)(C)c1cc(-c2nc(-c3cc(C(C)(C)C)cc(C(C)(C)C)c3)nc(-c3ccc(-n4c5ccc(-c6ccccc6)cc5c5cc(-c6ccccc6)ccc54)c(-c4nc(-c5ccccc5)cc(-c5ccccc5)n4)c3)n2)cc(C(C)(C)C)c1. The molecule has 12 rings (SSSR count). The summed E-state index contributed by atoms with van der Waals surface area (Å²) in [5.74, 6) is 2.36. The average Bonchev–Trinajstić information content (AvgIpc) is 2.84. The van der Waals surface area contributed by atoms with E-state index >= 15 is 0 Å². The maximum Gasteiger partial charge on any atom is 0.164 e. The molecule has 83 heavy (non-hydrogen) atoms. The summed E-state index contributed by atoms with van der Waals surface area (Å²) in [6.07, 6.45) is 0. The van der Waals surface area contributed by atoms with E-state index in [0.29, 0.717) is 23.3 Å². The van der Waals surface area contributed by atoms with Gasteiger partial charge >= 0.3 is 0 Å². The summed E-state index contributed by atoms with van der Waals surface area (Å²) < 4.78 is 2.40. The molecular formula is C77H72N6. The molecule has 0 radical (unpaired) electrons. The number of aromatic nitrogens is 6. The topological polar surface area (TPSA) is 69.4 Å². The largest absolute Gasteiger partial charge is 0.308 e. The highest BCUT2D eigenvalue weighted by Gasteiger charge is 2.27. The van der Waals surface area contributed by atoms with Crippen LogP contribution in [0.25, 0.3) is 118 Å². The lowest BCUT2D eigenvalue weighted by molar-refractivity contribution is 0.568. The summed E-state index contributed by atoms with van der Waals surface area (Å²) in [6, 6.07) is 78.4. The van der Waals surface area contributed by atoms with E-state index in [0.717, 1.165) is 94.5 Å². The van der Waals surface area contributed by atoms with Crippen molar-refractivity contribution >= 4 is 21.8 Å². The van der Waals surface area contributed by atoms with Gasteiger partial charge in [0.15, 0.2) is 23.3 Å². The van der Waals surface area contributed by atoms with Crippen LogP contribution < -0.4 is 0 Å². The highest BCUT2D eigenvalue weighted by atomic mass is 15.0. The molecule has 6 nitrogen and oxygen atoms in total. The van der Waals surface area contributed by atoms with E-state index in [4.69, 9.17) is 24.9 Å². The fraction of sp³-hybridized carbons (Fsp3) is 0.208. The van der Waals surface area contributed by atoms with Crippen LogP contribution in [0.15, 0.2) is 218 Å². The lowest BCUT2D eigenvalue weighted by Crippen LogP contribution is -2.17. The van der Waals surface area contributed by atoms with E-state index in [1.165, 1.54) is 22.3 Å². The first kappa shape index (κ1) is 54.5. The van der Waals surface area contributed by atoms with Crippen LogP contribution in [0.4, 0.5) is 0 Å². The maximum atomic E-state index is 5.56. The van der Waals surface area contributed by atoms with Gasteiger partial charge in [0.1, 0.15) is 0 Å². The van der Waals surface area contributed by atoms with Crippen molar-refractivity contribution in [3.05, 3.63) is 241 Å². The van der Waals surface area contributed by atoms with Crippen molar-refractivity contribution in [2.75, 3.05) is 0 Å². The zero-order valence-corrected chi connectivity index (χ0v) is 50.0. The van der Waals surface area contributed by atoms with Gasteiger partial charge in [-0.1, -0.05) is 229 Å². The van der Waals surface area contributed by atoms with Gasteiger partial charge in [-0.05, 0) is 139 Å². The van der Waals surface area contributed by atoms with E-state index in [2.05, 4.69) is 294 Å². The molecule has 410 valence electrons. The van der Waals surface area contributed by atoms with E-state index in [9.17, 15) is 0 Å². The summed E-state index contributed by atoms with van der Waals surface area (Å²) in [7, 11) is 0. The van der Waals surface area contributed by atoms with E-state index < -0.39 is 0 Å². The van der Waals surface area contributed by atoms with Crippen LogP contribution in [0.1, 0.15) is 105 Å². The highest BCUT2D eigenvalue weighted by molar-refractivity contribution is 6.12. The fourth-order valence-corrected chi connectivity index (χ4v) is 11.0. The molecule has 0 unspecified atom stereocenters. The van der Waals surface area contributed by atoms with Crippen molar-refractivity contribution in [3.63, 3.8) is 0 Å². The Kier molecular flexibility index (Phi) is 13.8. The van der Waals surface area contributed by atoms with Gasteiger partial charge in [0.2, 0.25) is 0 Å². The van der Waals surface area contributed by atoms with Gasteiger partial charge in [0.05, 0.1) is 28.1 Å². The Balaban J connectivity index is 1.17. The molecule has 0 amide bonds. The summed E-state index contributed by atoms with van der Waals surface area (Å²) in [5.41, 5.74) is 19.2. The molecule has 0 saturated carbocycles. The Labute approximate surface area is 490 Å². The zero-order valence-electron chi connectivity index (χ0n) is 50.0. The Hall–Kier alpha value is -9.13. The lowest BCUT2D eigenvalue weighted by Gasteiger charge is -2.26. The minimum Gasteiger partial charge on any atom is -0.308 e. The van der Waals surface area contributed by atoms with Gasteiger partial charge in [-0.3, -0.25) is 0 Å². The van der Waals surface area contributed by atoms with Crippen molar-refractivity contribution in [1.82, 2.24) is 29.5 Å². The number of nitrogens with zero attached hydrogens (tertiary/aromatic N) is 6. The van der Waals surface area contributed by atoms with Gasteiger partial charge in [-0.2, -0.15) is 0 Å². The molecule has 6 heteroatoms. The van der Waals surface area contributed by atoms with Gasteiger partial charge in [0, 0.05) is 44.2 Å². The summed E-state index contributed by atoms with van der Waals surface area (Å²) in [5, 5.41) is 2.29. The normalized spacial score (nSPS) is 12.3. The van der Waals surface area contributed by atoms with Crippen LogP contribution >= 0.6 is 0 Å². The molecule has 3 aromatic heterocycles. The molecule has 0 atom stereocenters. The van der Waals surface area contributed by atoms with E-state index in [-0.39, 0.29) is 21.7 Å². The van der Waals surface area contributed by atoms with Crippen molar-refractivity contribution in [2.24, 2.45) is 0 Å². The molecule has 0 aliphatic heterocycles. The molecule has 0 fully saturated rings. The molecule has 0 aliphatic rings. The third-order valence-corrected chi connectivity index (χ3v) is 16.1. The standard InChI is InChI=1S/C77H72N6/c1-74(2,3)58-39-56(40-59(46-58)75(4,5)6)71-80-70(81-72(82-71)57-41-60(76(7,8)9)47-61(42-57)77(10,11)12)55-35-38-69(64(45-55)73-78-65(51-29-21-15-22-30-51)48-66(79-73)52-31-23-16-24-32-52)83-67-36-33-53(49-25-17-13-18-26-49)43-62(67)63-44-54(34-37-68(63)83)50-27-19-14-20-28-50/h13-48H,1-12H3. The minimum atomic E-state index is -0.131. The second kappa shape index (κ2) is 21.0. The summed E-state index contributed by atoms with van der Waals surface area (Å²) in [6.45, 7) is 27.3. The van der Waals surface area contributed by atoms with Crippen molar-refractivity contribution in [1.29, 1.82) is 0 Å². The number of rotatable bonds is 9. The fourth-order valence-electron chi connectivity index (χ4n) is 11.0. The first-order valence-electron chi connectivity index (χ1n) is 29.1. The summed E-state index contributed by atoms with van der Waals surface area (Å²) >= 11 is 0. The molecule has 12 aromatic rings. The molecule has 0 bridgehead atoms. The predicted molar refractivity (Wildman–Crippen MR) is 348 cm³/mol. The van der Waals surface area contributed by atoms with Crippen LogP contribution in [0.2, 0.25) is 0 Å². The molecular weight excluding hydrogens is 1010 g/mol. The number of fused-ring (bicyclic) bond motifs is 3. The van der Waals surface area contributed by atoms with Crippen molar-refractivity contribution < 1.29 is 0 Å². The van der Waals surface area contributed by atoms with Gasteiger partial charge < -0.3 is 4.57 Å². The lowest BCUT2D eigenvalue weighted by atomic mass is 9.79. The molecule has 0 aliphatic carbocycles. The van der Waals surface area contributed by atoms with Crippen LogP contribution in [0.3, 0.4) is 0 Å². The molecule has 0 N–H and O–H groups in total. The quantitative estimate of drug-likeness (QED) is 0.144. The second-order valence-electron chi connectivity index (χ2n) is 26.4. The number of hydrogen-bond donors (Lipinski definition) is 0.